The van der Waals surface area contributed by atoms with E-state index in [0.717, 1.165) is 4.47 Å². The second kappa shape index (κ2) is 6.69. The number of hydrogen-bond acceptors (Lipinski definition) is 3. The van der Waals surface area contributed by atoms with Crippen LogP contribution >= 0.6 is 50.7 Å². The molecule has 0 N–H and O–H groups in total. The lowest BCUT2D eigenvalue weighted by Crippen LogP contribution is -2.16. The molecule has 23 heavy (non-hydrogen) atoms. The van der Waals surface area contributed by atoms with E-state index in [0.29, 0.717) is 32.2 Å². The fraction of sp³-hybridized carbons (Fsp3) is 0.0667. The second-order valence-electron chi connectivity index (χ2n) is 4.65. The topological polar surface area (TPSA) is 43.6 Å². The minimum Gasteiger partial charge on any atom is -0.486 e. The van der Waals surface area contributed by atoms with Gasteiger partial charge in [0.2, 0.25) is 0 Å². The van der Waals surface area contributed by atoms with Gasteiger partial charge in [0, 0.05) is 22.8 Å². The Morgan fingerprint density at radius 1 is 1.09 bits per heavy atom. The van der Waals surface area contributed by atoms with Gasteiger partial charge in [-0.15, -0.1) is 0 Å². The Kier molecular flexibility index (Phi) is 4.82. The molecule has 4 nitrogen and oxygen atoms in total. The monoisotopic (exact) mass is 432 g/mol. The van der Waals surface area contributed by atoms with Crippen LogP contribution in [0.1, 0.15) is 5.69 Å². The van der Waals surface area contributed by atoms with Crippen molar-refractivity contribution in [2.45, 2.75) is 6.61 Å². The van der Waals surface area contributed by atoms with Gasteiger partial charge >= 0.3 is 0 Å². The molecule has 0 aliphatic heterocycles. The Morgan fingerprint density at radius 3 is 2.61 bits per heavy atom. The molecular formula is C15H8BrCl3N2O2. The number of pyridine rings is 1. The van der Waals surface area contributed by atoms with Gasteiger partial charge in [-0.05, 0) is 34.1 Å². The zero-order valence-electron chi connectivity index (χ0n) is 11.4. The first-order valence-electron chi connectivity index (χ1n) is 6.39. The van der Waals surface area contributed by atoms with Crippen LogP contribution in [0.3, 0.4) is 0 Å². The molecule has 0 spiro atoms. The van der Waals surface area contributed by atoms with E-state index in [4.69, 9.17) is 39.5 Å². The lowest BCUT2D eigenvalue weighted by molar-refractivity contribution is 0.301. The van der Waals surface area contributed by atoms with E-state index in [-0.39, 0.29) is 12.2 Å². The van der Waals surface area contributed by atoms with Gasteiger partial charge in [-0.3, -0.25) is 9.20 Å². The van der Waals surface area contributed by atoms with Crippen LogP contribution in [-0.4, -0.2) is 9.38 Å². The molecule has 0 aliphatic carbocycles. The van der Waals surface area contributed by atoms with Crippen LogP contribution in [0.4, 0.5) is 0 Å². The normalized spacial score (nSPS) is 11.0. The molecule has 0 aliphatic rings. The number of hydrogen-bond donors (Lipinski definition) is 0. The average molecular weight is 435 g/mol. The van der Waals surface area contributed by atoms with Crippen molar-refractivity contribution in [1.82, 2.24) is 9.38 Å². The Labute approximate surface area is 154 Å². The van der Waals surface area contributed by atoms with Gasteiger partial charge in [0.15, 0.2) is 0 Å². The first-order valence-corrected chi connectivity index (χ1v) is 8.32. The maximum absolute atomic E-state index is 12.1. The number of benzene rings is 1. The highest BCUT2D eigenvalue weighted by atomic mass is 79.9. The van der Waals surface area contributed by atoms with Gasteiger partial charge < -0.3 is 4.74 Å². The van der Waals surface area contributed by atoms with Crippen LogP contribution in [0.15, 0.2) is 45.8 Å². The molecule has 3 aromatic rings. The summed E-state index contributed by atoms with van der Waals surface area (Å²) in [5, 5.41) is 1.01. The fourth-order valence-corrected chi connectivity index (χ4v) is 2.89. The summed E-state index contributed by atoms with van der Waals surface area (Å²) in [5.41, 5.74) is 0.814. The lowest BCUT2D eigenvalue weighted by atomic mass is 10.3. The molecule has 0 bridgehead atoms. The van der Waals surface area contributed by atoms with Gasteiger partial charge in [0.05, 0.1) is 20.8 Å². The number of ether oxygens (including phenoxy) is 1. The van der Waals surface area contributed by atoms with Gasteiger partial charge in [0.25, 0.3) is 5.56 Å². The number of aromatic nitrogens is 2. The van der Waals surface area contributed by atoms with E-state index in [9.17, 15) is 4.79 Å². The highest BCUT2D eigenvalue weighted by Crippen LogP contribution is 2.34. The summed E-state index contributed by atoms with van der Waals surface area (Å²) in [6.45, 7) is 0.0828. The Morgan fingerprint density at radius 2 is 1.83 bits per heavy atom. The molecule has 2 aromatic heterocycles. The first-order chi connectivity index (χ1) is 10.9. The molecule has 0 amide bonds. The van der Waals surface area contributed by atoms with Gasteiger partial charge in [0.1, 0.15) is 18.0 Å². The van der Waals surface area contributed by atoms with Crippen LogP contribution in [0.25, 0.3) is 5.65 Å². The molecule has 3 rings (SSSR count). The minimum atomic E-state index is -0.199. The third-order valence-electron chi connectivity index (χ3n) is 3.03. The van der Waals surface area contributed by atoms with E-state index >= 15 is 0 Å². The molecule has 0 fully saturated rings. The van der Waals surface area contributed by atoms with Crippen LogP contribution < -0.4 is 10.3 Å². The van der Waals surface area contributed by atoms with Crippen molar-refractivity contribution in [3.8, 4) is 5.75 Å². The third kappa shape index (κ3) is 3.63. The quantitative estimate of drug-likeness (QED) is 0.545. The van der Waals surface area contributed by atoms with E-state index < -0.39 is 0 Å². The Hall–Kier alpha value is -1.27. The maximum Gasteiger partial charge on any atom is 0.258 e. The van der Waals surface area contributed by atoms with Crippen molar-refractivity contribution in [2.24, 2.45) is 0 Å². The van der Waals surface area contributed by atoms with E-state index in [1.807, 2.05) is 6.07 Å². The van der Waals surface area contributed by atoms with Crippen LogP contribution in [0, 0.1) is 0 Å². The molecule has 8 heteroatoms. The zero-order chi connectivity index (χ0) is 16.6. The fourth-order valence-electron chi connectivity index (χ4n) is 1.97. The molecule has 0 saturated carbocycles. The maximum atomic E-state index is 12.1. The minimum absolute atomic E-state index is 0.0828. The molecule has 0 saturated heterocycles. The summed E-state index contributed by atoms with van der Waals surface area (Å²) >= 11 is 21.2. The predicted octanol–water partition coefficient (Wildman–Crippen LogP) is 5.00. The van der Waals surface area contributed by atoms with E-state index in [2.05, 4.69) is 20.9 Å². The number of rotatable bonds is 3. The number of halogens is 4. The highest BCUT2D eigenvalue weighted by molar-refractivity contribution is 9.10. The van der Waals surface area contributed by atoms with Crippen molar-refractivity contribution in [2.75, 3.05) is 0 Å². The molecule has 0 radical (unpaired) electrons. The summed E-state index contributed by atoms with van der Waals surface area (Å²) in [7, 11) is 0. The third-order valence-corrected chi connectivity index (χ3v) is 4.51. The Bertz CT molecular complexity index is 959. The number of fused-ring (bicyclic) bond motifs is 1. The smallest absolute Gasteiger partial charge is 0.258 e. The standard InChI is InChI=1S/C15H8BrCl3N2O2/c16-8-1-2-14-20-9(3-15(22)21(14)6-8)7-23-13-5-11(18)10(17)4-12(13)19/h1-6H,7H2. The van der Waals surface area contributed by atoms with E-state index in [1.54, 1.807) is 12.3 Å². The zero-order valence-corrected chi connectivity index (χ0v) is 15.2. The van der Waals surface area contributed by atoms with Crippen molar-refractivity contribution < 1.29 is 4.74 Å². The van der Waals surface area contributed by atoms with E-state index in [1.165, 1.54) is 22.6 Å². The lowest BCUT2D eigenvalue weighted by Gasteiger charge is -2.09. The second-order valence-corrected chi connectivity index (χ2v) is 6.78. The summed E-state index contributed by atoms with van der Waals surface area (Å²) < 4.78 is 7.83. The summed E-state index contributed by atoms with van der Waals surface area (Å²) in [6.07, 6.45) is 1.66. The largest absolute Gasteiger partial charge is 0.486 e. The summed E-state index contributed by atoms with van der Waals surface area (Å²) in [6, 6.07) is 7.98. The predicted molar refractivity (Wildman–Crippen MR) is 95.0 cm³/mol. The van der Waals surface area contributed by atoms with Crippen molar-refractivity contribution in [1.29, 1.82) is 0 Å². The molecule has 0 atom stereocenters. The van der Waals surface area contributed by atoms with Gasteiger partial charge in [-0.2, -0.15) is 0 Å². The van der Waals surface area contributed by atoms with Gasteiger partial charge in [-0.1, -0.05) is 34.8 Å². The van der Waals surface area contributed by atoms with Crippen LogP contribution in [-0.2, 0) is 6.61 Å². The van der Waals surface area contributed by atoms with Crippen LogP contribution in [0.2, 0.25) is 15.1 Å². The van der Waals surface area contributed by atoms with Crippen molar-refractivity contribution in [3.05, 3.63) is 72.1 Å². The molecule has 0 unspecified atom stereocenters. The first kappa shape index (κ1) is 16.6. The highest BCUT2D eigenvalue weighted by Gasteiger charge is 2.09. The average Bonchev–Trinajstić information content (AvgIpc) is 2.50. The van der Waals surface area contributed by atoms with Gasteiger partial charge in [-0.25, -0.2) is 4.98 Å². The SMILES string of the molecule is O=c1cc(COc2cc(Cl)c(Cl)cc2Cl)nc2ccc(Br)cn12. The summed E-state index contributed by atoms with van der Waals surface area (Å²) in [4.78, 5) is 16.5. The molecule has 2 heterocycles. The van der Waals surface area contributed by atoms with Crippen molar-refractivity contribution >= 4 is 56.4 Å². The van der Waals surface area contributed by atoms with Crippen molar-refractivity contribution in [3.63, 3.8) is 0 Å². The molecular weight excluding hydrogens is 426 g/mol. The van der Waals surface area contributed by atoms with Crippen LogP contribution in [0.5, 0.6) is 5.75 Å². The number of nitrogens with zero attached hydrogens (tertiary/aromatic N) is 2. The Balaban J connectivity index is 1.89. The summed E-state index contributed by atoms with van der Waals surface area (Å²) in [5.74, 6) is 0.374. The molecule has 118 valence electrons. The molecule has 1 aromatic carbocycles.